The predicted molar refractivity (Wildman–Crippen MR) is 65.0 cm³/mol. The molecule has 1 fully saturated rings. The summed E-state index contributed by atoms with van der Waals surface area (Å²) in [4.78, 5) is 0. The second-order valence-electron chi connectivity index (χ2n) is 4.60. The molecule has 0 radical (unpaired) electrons. The van der Waals surface area contributed by atoms with Crippen LogP contribution in [0.25, 0.3) is 0 Å². The molecule has 3 heteroatoms. The summed E-state index contributed by atoms with van der Waals surface area (Å²) in [6.45, 7) is 0.613. The second kappa shape index (κ2) is 5.43. The van der Waals surface area contributed by atoms with Crippen LogP contribution in [0.1, 0.15) is 30.9 Å². The molecule has 0 aromatic heterocycles. The molecule has 1 aromatic carbocycles. The van der Waals surface area contributed by atoms with Gasteiger partial charge in [0.05, 0.1) is 6.10 Å². The Labute approximate surface area is 96.7 Å². The first kappa shape index (κ1) is 11.6. The molecule has 2 rings (SSSR count). The fourth-order valence-electron chi connectivity index (χ4n) is 2.27. The Morgan fingerprint density at radius 3 is 2.69 bits per heavy atom. The van der Waals surface area contributed by atoms with Gasteiger partial charge in [-0.2, -0.15) is 0 Å². The summed E-state index contributed by atoms with van der Waals surface area (Å²) in [5, 5.41) is 13.3. The van der Waals surface area contributed by atoms with E-state index in [1.165, 1.54) is 0 Å². The first-order valence-electron chi connectivity index (χ1n) is 5.97. The number of aliphatic hydroxyl groups excluding tert-OH is 1. The van der Waals surface area contributed by atoms with Crippen molar-refractivity contribution >= 4 is 0 Å². The summed E-state index contributed by atoms with van der Waals surface area (Å²) in [5.41, 5.74) is 6.81. The van der Waals surface area contributed by atoms with Crippen molar-refractivity contribution in [2.45, 2.75) is 37.5 Å². The van der Waals surface area contributed by atoms with Crippen molar-refractivity contribution in [1.29, 1.82) is 0 Å². The van der Waals surface area contributed by atoms with Gasteiger partial charge in [-0.3, -0.25) is 0 Å². The third-order valence-corrected chi connectivity index (χ3v) is 3.26. The van der Waals surface area contributed by atoms with Gasteiger partial charge < -0.3 is 16.2 Å². The van der Waals surface area contributed by atoms with Crippen LogP contribution in [-0.4, -0.2) is 23.7 Å². The van der Waals surface area contributed by atoms with Crippen molar-refractivity contribution in [1.82, 2.24) is 5.32 Å². The maximum Gasteiger partial charge on any atom is 0.0914 e. The fourth-order valence-corrected chi connectivity index (χ4v) is 2.27. The Balaban J connectivity index is 1.78. The fraction of sp³-hybridized carbons (Fsp3) is 0.538. The zero-order valence-corrected chi connectivity index (χ0v) is 9.47. The van der Waals surface area contributed by atoms with Crippen LogP contribution in [0.5, 0.6) is 0 Å². The Morgan fingerprint density at radius 1 is 1.31 bits per heavy atom. The number of aliphatic hydroxyl groups is 1. The van der Waals surface area contributed by atoms with Crippen molar-refractivity contribution < 1.29 is 5.11 Å². The topological polar surface area (TPSA) is 58.3 Å². The average Bonchev–Trinajstić information content (AvgIpc) is 2.73. The zero-order chi connectivity index (χ0) is 11.4. The Kier molecular flexibility index (Phi) is 3.93. The van der Waals surface area contributed by atoms with Crippen molar-refractivity contribution in [2.75, 3.05) is 6.54 Å². The maximum absolute atomic E-state index is 9.95. The predicted octanol–water partition coefficient (Wildman–Crippen LogP) is 1.19. The molecule has 0 aliphatic heterocycles. The van der Waals surface area contributed by atoms with Crippen LogP contribution in [0, 0.1) is 0 Å². The van der Waals surface area contributed by atoms with Crippen molar-refractivity contribution in [3.05, 3.63) is 35.9 Å². The van der Waals surface area contributed by atoms with Crippen molar-refractivity contribution in [2.24, 2.45) is 5.73 Å². The quantitative estimate of drug-likeness (QED) is 0.714. The van der Waals surface area contributed by atoms with Crippen LogP contribution in [0.4, 0.5) is 0 Å². The van der Waals surface area contributed by atoms with Gasteiger partial charge in [-0.1, -0.05) is 30.3 Å². The second-order valence-corrected chi connectivity index (χ2v) is 4.60. The molecule has 1 aliphatic rings. The zero-order valence-electron chi connectivity index (χ0n) is 9.47. The number of nitrogens with one attached hydrogen (secondary N) is 1. The summed E-state index contributed by atoms with van der Waals surface area (Å²) in [7, 11) is 0. The number of hydrogen-bond donors (Lipinski definition) is 3. The van der Waals surface area contributed by atoms with Gasteiger partial charge in [0.2, 0.25) is 0 Å². The number of nitrogens with two attached hydrogens (primary N) is 1. The number of rotatable bonds is 4. The lowest BCUT2D eigenvalue weighted by Crippen LogP contribution is -2.32. The number of benzene rings is 1. The van der Waals surface area contributed by atoms with Crippen LogP contribution in [0.2, 0.25) is 0 Å². The summed E-state index contributed by atoms with van der Waals surface area (Å²) in [6.07, 6.45) is 2.83. The highest BCUT2D eigenvalue weighted by Crippen LogP contribution is 2.18. The molecule has 3 unspecified atom stereocenters. The number of hydrogen-bond acceptors (Lipinski definition) is 3. The van der Waals surface area contributed by atoms with E-state index in [0.717, 1.165) is 24.8 Å². The van der Waals surface area contributed by atoms with Gasteiger partial charge in [-0.25, -0.2) is 0 Å². The van der Waals surface area contributed by atoms with Gasteiger partial charge in [0, 0.05) is 18.6 Å². The van der Waals surface area contributed by atoms with Gasteiger partial charge >= 0.3 is 0 Å². The van der Waals surface area contributed by atoms with Crippen molar-refractivity contribution in [3.63, 3.8) is 0 Å². The molecule has 1 saturated carbocycles. The highest BCUT2D eigenvalue weighted by atomic mass is 16.3. The molecule has 0 spiro atoms. The largest absolute Gasteiger partial charge is 0.387 e. The molecule has 0 saturated heterocycles. The molecule has 0 amide bonds. The van der Waals surface area contributed by atoms with E-state index in [-0.39, 0.29) is 0 Å². The minimum atomic E-state index is -0.418. The molecule has 3 nitrogen and oxygen atoms in total. The van der Waals surface area contributed by atoms with Gasteiger partial charge in [0.15, 0.2) is 0 Å². The summed E-state index contributed by atoms with van der Waals surface area (Å²) in [5.74, 6) is 0. The molecule has 3 atom stereocenters. The van der Waals surface area contributed by atoms with E-state index in [0.29, 0.717) is 18.6 Å². The van der Waals surface area contributed by atoms with Crippen LogP contribution < -0.4 is 11.1 Å². The lowest BCUT2D eigenvalue weighted by Gasteiger charge is -2.16. The molecule has 1 aliphatic carbocycles. The first-order valence-corrected chi connectivity index (χ1v) is 5.97. The monoisotopic (exact) mass is 220 g/mol. The van der Waals surface area contributed by atoms with E-state index in [2.05, 4.69) is 5.32 Å². The molecular weight excluding hydrogens is 200 g/mol. The van der Waals surface area contributed by atoms with Crippen LogP contribution in [0.15, 0.2) is 30.3 Å². The SMILES string of the molecule is NC1CCC(NCC(O)c2ccccc2)C1. The minimum absolute atomic E-state index is 0.339. The summed E-state index contributed by atoms with van der Waals surface area (Å²) in [6, 6.07) is 10.6. The van der Waals surface area contributed by atoms with E-state index in [1.807, 2.05) is 30.3 Å². The van der Waals surface area contributed by atoms with Gasteiger partial charge in [0.1, 0.15) is 0 Å². The molecular formula is C13H20N2O. The lowest BCUT2D eigenvalue weighted by atomic mass is 10.1. The van der Waals surface area contributed by atoms with E-state index >= 15 is 0 Å². The van der Waals surface area contributed by atoms with Crippen LogP contribution in [-0.2, 0) is 0 Å². The Hall–Kier alpha value is -0.900. The standard InChI is InChI=1S/C13H20N2O/c14-11-6-7-12(8-11)15-9-13(16)10-4-2-1-3-5-10/h1-5,11-13,15-16H,6-9,14H2. The molecule has 0 bridgehead atoms. The normalized spacial score (nSPS) is 26.9. The highest BCUT2D eigenvalue weighted by Gasteiger charge is 2.21. The average molecular weight is 220 g/mol. The highest BCUT2D eigenvalue weighted by molar-refractivity contribution is 5.17. The smallest absolute Gasteiger partial charge is 0.0914 e. The minimum Gasteiger partial charge on any atom is -0.387 e. The van der Waals surface area contributed by atoms with Crippen LogP contribution in [0.3, 0.4) is 0 Å². The van der Waals surface area contributed by atoms with E-state index < -0.39 is 6.10 Å². The van der Waals surface area contributed by atoms with Crippen LogP contribution >= 0.6 is 0 Å². The van der Waals surface area contributed by atoms with E-state index in [9.17, 15) is 5.11 Å². The third kappa shape index (κ3) is 3.04. The maximum atomic E-state index is 9.95. The molecule has 16 heavy (non-hydrogen) atoms. The molecule has 0 heterocycles. The van der Waals surface area contributed by atoms with Crippen molar-refractivity contribution in [3.8, 4) is 0 Å². The van der Waals surface area contributed by atoms with Gasteiger partial charge in [0.25, 0.3) is 0 Å². The van der Waals surface area contributed by atoms with E-state index in [1.54, 1.807) is 0 Å². The third-order valence-electron chi connectivity index (χ3n) is 3.26. The molecule has 4 N–H and O–H groups in total. The Morgan fingerprint density at radius 2 is 2.06 bits per heavy atom. The molecule has 1 aromatic rings. The Bertz CT molecular complexity index is 315. The lowest BCUT2D eigenvalue weighted by molar-refractivity contribution is 0.170. The molecule has 88 valence electrons. The van der Waals surface area contributed by atoms with E-state index in [4.69, 9.17) is 5.73 Å². The summed E-state index contributed by atoms with van der Waals surface area (Å²) < 4.78 is 0. The van der Waals surface area contributed by atoms with Gasteiger partial charge in [-0.05, 0) is 24.8 Å². The first-order chi connectivity index (χ1) is 7.75. The summed E-state index contributed by atoms with van der Waals surface area (Å²) >= 11 is 0. The van der Waals surface area contributed by atoms with Gasteiger partial charge in [-0.15, -0.1) is 0 Å².